The van der Waals surface area contributed by atoms with Gasteiger partial charge >= 0.3 is 0 Å². The minimum absolute atomic E-state index is 0.0113. The first-order valence-electron chi connectivity index (χ1n) is 11.4. The number of carbonyl (C=O) groups excluding carboxylic acids is 2. The van der Waals surface area contributed by atoms with Gasteiger partial charge < -0.3 is 28.8 Å². The van der Waals surface area contributed by atoms with E-state index in [2.05, 4.69) is 0 Å². The number of ketones is 1. The third kappa shape index (κ3) is 3.95. The molecule has 3 aromatic rings. The molecule has 8 nitrogen and oxygen atoms in total. The third-order valence-electron chi connectivity index (χ3n) is 6.50. The van der Waals surface area contributed by atoms with E-state index >= 15 is 0 Å². The van der Waals surface area contributed by atoms with E-state index in [1.807, 2.05) is 30.3 Å². The molecule has 1 aromatic heterocycles. The highest BCUT2D eigenvalue weighted by molar-refractivity contribution is 6.15. The van der Waals surface area contributed by atoms with Gasteiger partial charge in [0, 0.05) is 11.0 Å². The fraction of sp³-hybridized carbons (Fsp3) is 0.308. The maximum absolute atomic E-state index is 13.6. The second kappa shape index (κ2) is 9.32. The lowest BCUT2D eigenvalue weighted by molar-refractivity contribution is -0.907. The van der Waals surface area contributed by atoms with E-state index in [-0.39, 0.29) is 11.3 Å². The molecule has 8 heteroatoms. The highest BCUT2D eigenvalue weighted by Gasteiger charge is 2.40. The van der Waals surface area contributed by atoms with Crippen LogP contribution in [0.4, 0.5) is 0 Å². The van der Waals surface area contributed by atoms with Crippen molar-refractivity contribution >= 4 is 22.7 Å². The molecular weight excluding hydrogens is 436 g/mol. The average molecular weight is 463 g/mol. The predicted molar refractivity (Wildman–Crippen MR) is 121 cm³/mol. The summed E-state index contributed by atoms with van der Waals surface area (Å²) in [6.45, 7) is 4.09. The van der Waals surface area contributed by atoms with Crippen LogP contribution in [0.3, 0.4) is 0 Å². The van der Waals surface area contributed by atoms with E-state index in [9.17, 15) is 14.7 Å². The second-order valence-corrected chi connectivity index (χ2v) is 8.49. The van der Waals surface area contributed by atoms with Crippen molar-refractivity contribution in [2.45, 2.75) is 6.04 Å². The number of quaternary nitrogens is 1. The summed E-state index contributed by atoms with van der Waals surface area (Å²) in [7, 11) is 1.52. The number of Topliss-reactive ketones (excluding diaryl/α,β-unsaturated/α-hetero) is 1. The number of carbonyl (C=O) groups is 2. The minimum atomic E-state index is -0.775. The summed E-state index contributed by atoms with van der Waals surface area (Å²) in [5, 5.41) is 13.8. The SMILES string of the molecule is COc1cccc2cc(C(=O)C3=C([O-])C(=O)N(CC[NH+]4CCOCC4)C3c3ccccc3)oc12. The van der Waals surface area contributed by atoms with Gasteiger partial charge in [0.2, 0.25) is 11.7 Å². The fourth-order valence-corrected chi connectivity index (χ4v) is 4.71. The molecule has 5 rings (SSSR count). The molecule has 176 valence electrons. The summed E-state index contributed by atoms with van der Waals surface area (Å²) < 4.78 is 16.6. The molecule has 2 aliphatic heterocycles. The number of hydrogen-bond acceptors (Lipinski definition) is 6. The van der Waals surface area contributed by atoms with Crippen LogP contribution in [-0.2, 0) is 9.53 Å². The molecule has 1 amide bonds. The molecule has 0 bridgehead atoms. The van der Waals surface area contributed by atoms with Crippen molar-refractivity contribution in [2.24, 2.45) is 0 Å². The molecule has 2 aromatic carbocycles. The Morgan fingerprint density at radius 3 is 2.65 bits per heavy atom. The Kier molecular flexibility index (Phi) is 6.08. The number of amides is 1. The fourth-order valence-electron chi connectivity index (χ4n) is 4.71. The van der Waals surface area contributed by atoms with Crippen LogP contribution in [0.1, 0.15) is 22.2 Å². The smallest absolute Gasteiger partial charge is 0.240 e. The molecule has 1 N–H and O–H groups in total. The largest absolute Gasteiger partial charge is 0.868 e. The molecule has 1 atom stereocenters. The molecule has 0 saturated carbocycles. The molecule has 1 unspecified atom stereocenters. The standard InChI is InChI=1S/C26H26N2O6/c1-32-19-9-5-8-18-16-20(34-25(18)19)23(29)21-22(17-6-3-2-4-7-17)28(26(31)24(21)30)11-10-27-12-14-33-15-13-27/h2-9,16,22,30H,10-15H2,1H3. The monoisotopic (exact) mass is 462 g/mol. The van der Waals surface area contributed by atoms with Crippen LogP contribution >= 0.6 is 0 Å². The molecule has 3 heterocycles. The van der Waals surface area contributed by atoms with Crippen molar-refractivity contribution < 1.29 is 33.5 Å². The lowest BCUT2D eigenvalue weighted by atomic mass is 9.95. The van der Waals surface area contributed by atoms with Gasteiger partial charge in [-0.2, -0.15) is 0 Å². The second-order valence-electron chi connectivity index (χ2n) is 8.49. The molecule has 0 spiro atoms. The Hall–Kier alpha value is -3.62. The molecule has 1 fully saturated rings. The van der Waals surface area contributed by atoms with Gasteiger partial charge in [-0.1, -0.05) is 42.5 Å². The van der Waals surface area contributed by atoms with Crippen LogP contribution in [0, 0.1) is 0 Å². The first kappa shape index (κ1) is 22.2. The van der Waals surface area contributed by atoms with E-state index < -0.39 is 23.5 Å². The normalized spacial score (nSPS) is 19.3. The first-order chi connectivity index (χ1) is 16.6. The van der Waals surface area contributed by atoms with Crippen molar-refractivity contribution in [1.82, 2.24) is 4.90 Å². The van der Waals surface area contributed by atoms with Crippen molar-refractivity contribution in [2.75, 3.05) is 46.5 Å². The number of morpholine rings is 1. The van der Waals surface area contributed by atoms with Crippen LogP contribution in [0.2, 0.25) is 0 Å². The van der Waals surface area contributed by atoms with Gasteiger partial charge in [-0.25, -0.2) is 0 Å². The van der Waals surface area contributed by atoms with Gasteiger partial charge in [-0.3, -0.25) is 9.59 Å². The number of furan rings is 1. The summed E-state index contributed by atoms with van der Waals surface area (Å²) in [6.07, 6.45) is 0. The summed E-state index contributed by atoms with van der Waals surface area (Å²) in [5.74, 6) is -1.50. The van der Waals surface area contributed by atoms with Crippen LogP contribution < -0.4 is 14.7 Å². The van der Waals surface area contributed by atoms with Gasteiger partial charge in [-0.15, -0.1) is 0 Å². The van der Waals surface area contributed by atoms with Crippen LogP contribution in [-0.4, -0.2) is 63.1 Å². The summed E-state index contributed by atoms with van der Waals surface area (Å²) in [5.41, 5.74) is 1.07. The molecule has 34 heavy (non-hydrogen) atoms. The van der Waals surface area contributed by atoms with Gasteiger partial charge in [0.1, 0.15) is 13.1 Å². The Morgan fingerprint density at radius 2 is 1.91 bits per heavy atom. The lowest BCUT2D eigenvalue weighted by Crippen LogP contribution is -3.14. The third-order valence-corrected chi connectivity index (χ3v) is 6.50. The van der Waals surface area contributed by atoms with Crippen LogP contribution in [0.15, 0.2) is 70.3 Å². The number of nitrogens with zero attached hydrogens (tertiary/aromatic N) is 1. The highest BCUT2D eigenvalue weighted by Crippen LogP contribution is 2.39. The Labute approximate surface area is 197 Å². The van der Waals surface area contributed by atoms with Gasteiger partial charge in [0.15, 0.2) is 17.1 Å². The van der Waals surface area contributed by atoms with Crippen LogP contribution in [0.5, 0.6) is 5.75 Å². The number of methoxy groups -OCH3 is 1. The van der Waals surface area contributed by atoms with E-state index in [0.717, 1.165) is 18.7 Å². The molecule has 1 saturated heterocycles. The molecule has 0 radical (unpaired) electrons. The number of benzene rings is 2. The lowest BCUT2D eigenvalue weighted by Gasteiger charge is -2.30. The summed E-state index contributed by atoms with van der Waals surface area (Å²) >= 11 is 0. The van der Waals surface area contributed by atoms with Crippen molar-refractivity contribution in [1.29, 1.82) is 0 Å². The van der Waals surface area contributed by atoms with Crippen molar-refractivity contribution in [3.05, 3.63) is 77.3 Å². The number of fused-ring (bicyclic) bond motifs is 1. The quantitative estimate of drug-likeness (QED) is 0.521. The van der Waals surface area contributed by atoms with E-state index in [1.165, 1.54) is 16.9 Å². The topological polar surface area (TPSA) is 96.5 Å². The van der Waals surface area contributed by atoms with Crippen molar-refractivity contribution in [3.63, 3.8) is 0 Å². The van der Waals surface area contributed by atoms with E-state index in [1.54, 1.807) is 24.3 Å². The van der Waals surface area contributed by atoms with Crippen molar-refractivity contribution in [3.8, 4) is 5.75 Å². The Bertz CT molecular complexity index is 1240. The molecule has 2 aliphatic rings. The summed E-state index contributed by atoms with van der Waals surface area (Å²) in [4.78, 5) is 29.5. The van der Waals surface area contributed by atoms with Gasteiger partial charge in [0.25, 0.3) is 0 Å². The zero-order chi connectivity index (χ0) is 23.7. The maximum Gasteiger partial charge on any atom is 0.240 e. The first-order valence-corrected chi connectivity index (χ1v) is 11.4. The number of rotatable bonds is 7. The highest BCUT2D eigenvalue weighted by atomic mass is 16.5. The zero-order valence-corrected chi connectivity index (χ0v) is 18.9. The Balaban J connectivity index is 1.50. The Morgan fingerprint density at radius 1 is 1.15 bits per heavy atom. The number of para-hydroxylation sites is 1. The number of nitrogens with one attached hydrogen (secondary N) is 1. The minimum Gasteiger partial charge on any atom is -0.868 e. The van der Waals surface area contributed by atoms with E-state index in [0.29, 0.717) is 43.0 Å². The maximum atomic E-state index is 13.6. The average Bonchev–Trinajstić information content (AvgIpc) is 3.43. The predicted octanol–water partition coefficient (Wildman–Crippen LogP) is 0.737. The molecule has 0 aliphatic carbocycles. The van der Waals surface area contributed by atoms with Gasteiger partial charge in [0.05, 0.1) is 39.5 Å². The number of hydrogen-bond donors (Lipinski definition) is 1. The summed E-state index contributed by atoms with van der Waals surface area (Å²) in [6, 6.07) is 15.4. The van der Waals surface area contributed by atoms with E-state index in [4.69, 9.17) is 13.9 Å². The van der Waals surface area contributed by atoms with Gasteiger partial charge in [-0.05, 0) is 23.5 Å². The zero-order valence-electron chi connectivity index (χ0n) is 18.9. The van der Waals surface area contributed by atoms with Crippen LogP contribution in [0.25, 0.3) is 11.0 Å². The number of ether oxygens (including phenoxy) is 2. The molecular formula is C26H26N2O6.